The van der Waals surface area contributed by atoms with Crippen molar-refractivity contribution < 1.29 is 0 Å². The summed E-state index contributed by atoms with van der Waals surface area (Å²) in [5.41, 5.74) is 7.19. The summed E-state index contributed by atoms with van der Waals surface area (Å²) in [6.07, 6.45) is 5.43. The molecule has 8 heteroatoms. The van der Waals surface area contributed by atoms with E-state index in [4.69, 9.17) is 4.98 Å². The zero-order valence-electron chi connectivity index (χ0n) is 15.4. The third-order valence-electron chi connectivity index (χ3n) is 4.98. The van der Waals surface area contributed by atoms with Gasteiger partial charge in [0.05, 0.1) is 33.7 Å². The van der Waals surface area contributed by atoms with Gasteiger partial charge in [0.2, 0.25) is 0 Å². The molecule has 0 bridgehead atoms. The fourth-order valence-corrected chi connectivity index (χ4v) is 4.46. The lowest BCUT2D eigenvalue weighted by Gasteiger charge is -1.98. The Morgan fingerprint density at radius 2 is 1.97 bits per heavy atom. The molecule has 140 valence electrons. The monoisotopic (exact) mass is 397 g/mol. The smallest absolute Gasteiger partial charge is 0.135 e. The molecular formula is C21H15N7S. The van der Waals surface area contributed by atoms with Crippen LogP contribution in [0.3, 0.4) is 0 Å². The van der Waals surface area contributed by atoms with Crippen molar-refractivity contribution in [1.29, 1.82) is 0 Å². The fourth-order valence-electron chi connectivity index (χ4n) is 3.58. The minimum absolute atomic E-state index is 0.787. The Morgan fingerprint density at radius 3 is 2.79 bits per heavy atom. The fraction of sp³-hybridized carbons (Fsp3) is 0.0476. The average molecular weight is 397 g/mol. The van der Waals surface area contributed by atoms with E-state index in [1.54, 1.807) is 17.5 Å². The van der Waals surface area contributed by atoms with Crippen molar-refractivity contribution in [3.8, 4) is 33.2 Å². The van der Waals surface area contributed by atoms with E-state index in [0.29, 0.717) is 0 Å². The first-order chi connectivity index (χ1) is 14.3. The molecule has 29 heavy (non-hydrogen) atoms. The number of H-pyrrole nitrogens is 3. The molecule has 0 aliphatic heterocycles. The van der Waals surface area contributed by atoms with Crippen molar-refractivity contribution in [2.24, 2.45) is 0 Å². The van der Waals surface area contributed by atoms with Crippen LogP contribution in [0.15, 0.2) is 55.0 Å². The van der Waals surface area contributed by atoms with Crippen LogP contribution in [0.25, 0.3) is 55.2 Å². The molecule has 0 aliphatic rings. The molecule has 0 saturated heterocycles. The molecule has 0 aliphatic carbocycles. The molecule has 0 aromatic carbocycles. The second-order valence-corrected chi connectivity index (χ2v) is 8.15. The summed E-state index contributed by atoms with van der Waals surface area (Å²) in [7, 11) is 0. The topological polar surface area (TPSA) is 98.9 Å². The van der Waals surface area contributed by atoms with E-state index < -0.39 is 0 Å². The van der Waals surface area contributed by atoms with Gasteiger partial charge in [-0.15, -0.1) is 11.3 Å². The summed E-state index contributed by atoms with van der Waals surface area (Å²) in [5.74, 6) is 0. The lowest BCUT2D eigenvalue weighted by atomic mass is 10.1. The first-order valence-electron chi connectivity index (χ1n) is 9.15. The van der Waals surface area contributed by atoms with Crippen molar-refractivity contribution in [3.05, 3.63) is 59.9 Å². The molecule has 0 amide bonds. The number of pyridine rings is 2. The maximum atomic E-state index is 4.82. The summed E-state index contributed by atoms with van der Waals surface area (Å²) < 4.78 is 0. The zero-order valence-corrected chi connectivity index (χ0v) is 16.2. The Bertz CT molecular complexity index is 1470. The van der Waals surface area contributed by atoms with Gasteiger partial charge in [0.15, 0.2) is 0 Å². The van der Waals surface area contributed by atoms with Gasteiger partial charge in [-0.1, -0.05) is 0 Å². The van der Waals surface area contributed by atoms with Gasteiger partial charge in [-0.05, 0) is 43.3 Å². The molecule has 6 aromatic heterocycles. The van der Waals surface area contributed by atoms with Crippen LogP contribution >= 0.6 is 11.3 Å². The van der Waals surface area contributed by atoms with Gasteiger partial charge in [0, 0.05) is 33.7 Å². The number of hydrogen-bond donors (Lipinski definition) is 3. The molecule has 6 aromatic rings. The van der Waals surface area contributed by atoms with E-state index in [-0.39, 0.29) is 0 Å². The second-order valence-electron chi connectivity index (χ2n) is 6.87. The highest BCUT2D eigenvalue weighted by molar-refractivity contribution is 7.15. The summed E-state index contributed by atoms with van der Waals surface area (Å²) >= 11 is 1.75. The summed E-state index contributed by atoms with van der Waals surface area (Å²) in [6.45, 7) is 2.11. The van der Waals surface area contributed by atoms with Gasteiger partial charge in [-0.2, -0.15) is 10.2 Å². The number of nitrogens with zero attached hydrogens (tertiary/aromatic N) is 4. The summed E-state index contributed by atoms with van der Waals surface area (Å²) in [6, 6.07) is 12.3. The van der Waals surface area contributed by atoms with E-state index in [1.165, 1.54) is 4.88 Å². The predicted molar refractivity (Wildman–Crippen MR) is 115 cm³/mol. The lowest BCUT2D eigenvalue weighted by molar-refractivity contribution is 1.09. The first kappa shape index (κ1) is 16.2. The number of fused-ring (bicyclic) bond motifs is 2. The molecule has 6 rings (SSSR count). The van der Waals surface area contributed by atoms with Crippen LogP contribution < -0.4 is 0 Å². The number of thiophene rings is 1. The molecular weight excluding hydrogens is 382 g/mol. The Balaban J connectivity index is 1.53. The standard InChI is InChI=1S/C21H15N7S/c1-11-2-5-18(29-11)19-13-8-17(25-15(13)6-7-22-19)21-20-16(27-28-21)4-3-14(26-20)12-9-23-24-10-12/h2-10,25H,1H3,(H,23,24)(H,27,28). The second kappa shape index (κ2) is 6.11. The summed E-state index contributed by atoms with van der Waals surface area (Å²) in [4.78, 5) is 15.4. The first-order valence-corrected chi connectivity index (χ1v) is 9.97. The third kappa shape index (κ3) is 2.57. The number of aryl methyl sites for hydroxylation is 1. The Labute approximate surface area is 168 Å². The Hall–Kier alpha value is -3.78. The third-order valence-corrected chi connectivity index (χ3v) is 5.99. The average Bonchev–Trinajstić information content (AvgIpc) is 3.51. The number of aromatic amines is 3. The summed E-state index contributed by atoms with van der Waals surface area (Å²) in [5, 5.41) is 15.5. The van der Waals surface area contributed by atoms with Crippen LogP contribution in [-0.2, 0) is 0 Å². The maximum Gasteiger partial charge on any atom is 0.135 e. The van der Waals surface area contributed by atoms with E-state index in [0.717, 1.165) is 55.2 Å². The molecule has 0 radical (unpaired) electrons. The van der Waals surface area contributed by atoms with Crippen LogP contribution in [0.2, 0.25) is 0 Å². The molecule has 6 heterocycles. The van der Waals surface area contributed by atoms with Gasteiger partial charge in [0.25, 0.3) is 0 Å². The van der Waals surface area contributed by atoms with E-state index in [2.05, 4.69) is 55.5 Å². The minimum Gasteiger partial charge on any atom is -0.353 e. The molecule has 0 atom stereocenters. The van der Waals surface area contributed by atoms with Crippen LogP contribution in [0, 0.1) is 6.92 Å². The van der Waals surface area contributed by atoms with Gasteiger partial charge in [-0.3, -0.25) is 15.2 Å². The van der Waals surface area contributed by atoms with E-state index in [1.807, 2.05) is 30.6 Å². The van der Waals surface area contributed by atoms with E-state index >= 15 is 0 Å². The van der Waals surface area contributed by atoms with Crippen LogP contribution in [0.4, 0.5) is 0 Å². The molecule has 0 fully saturated rings. The quantitative estimate of drug-likeness (QED) is 0.394. The number of rotatable bonds is 3. The molecule has 0 saturated carbocycles. The lowest BCUT2D eigenvalue weighted by Crippen LogP contribution is -1.84. The molecule has 7 nitrogen and oxygen atoms in total. The zero-order chi connectivity index (χ0) is 19.4. The highest BCUT2D eigenvalue weighted by Gasteiger charge is 2.16. The maximum absolute atomic E-state index is 4.82. The predicted octanol–water partition coefficient (Wildman–Crippen LogP) is 4.93. The van der Waals surface area contributed by atoms with Crippen molar-refractivity contribution in [1.82, 2.24) is 35.3 Å². The van der Waals surface area contributed by atoms with Crippen molar-refractivity contribution in [2.45, 2.75) is 6.92 Å². The molecule has 3 N–H and O–H groups in total. The minimum atomic E-state index is 0.787. The van der Waals surface area contributed by atoms with E-state index in [9.17, 15) is 0 Å². The Kier molecular flexibility index (Phi) is 3.41. The number of aromatic nitrogens is 7. The van der Waals surface area contributed by atoms with Crippen molar-refractivity contribution in [3.63, 3.8) is 0 Å². The largest absolute Gasteiger partial charge is 0.353 e. The normalized spacial score (nSPS) is 11.6. The SMILES string of the molecule is Cc1ccc(-c2nccc3[nH]c(-c4n[nH]c5ccc(-c6cn[nH]c6)nc45)cc23)s1. The van der Waals surface area contributed by atoms with Crippen molar-refractivity contribution in [2.75, 3.05) is 0 Å². The van der Waals surface area contributed by atoms with Crippen LogP contribution in [0.5, 0.6) is 0 Å². The number of hydrogen-bond acceptors (Lipinski definition) is 5. The molecule has 0 unspecified atom stereocenters. The van der Waals surface area contributed by atoms with Gasteiger partial charge >= 0.3 is 0 Å². The molecule has 0 spiro atoms. The highest BCUT2D eigenvalue weighted by atomic mass is 32.1. The van der Waals surface area contributed by atoms with Gasteiger partial charge in [-0.25, -0.2) is 4.98 Å². The highest BCUT2D eigenvalue weighted by Crippen LogP contribution is 2.35. The van der Waals surface area contributed by atoms with Gasteiger partial charge < -0.3 is 4.98 Å². The van der Waals surface area contributed by atoms with Gasteiger partial charge in [0.1, 0.15) is 11.2 Å². The number of nitrogens with one attached hydrogen (secondary N) is 3. The van der Waals surface area contributed by atoms with Crippen LogP contribution in [0.1, 0.15) is 4.88 Å². The van der Waals surface area contributed by atoms with Crippen LogP contribution in [-0.4, -0.2) is 35.3 Å². The van der Waals surface area contributed by atoms with Crippen molar-refractivity contribution >= 4 is 33.3 Å². The Morgan fingerprint density at radius 1 is 1.00 bits per heavy atom.